The van der Waals surface area contributed by atoms with E-state index in [9.17, 15) is 26.4 Å². The second-order valence-corrected chi connectivity index (χ2v) is 9.76. The molecule has 38 heavy (non-hydrogen) atoms. The molecule has 0 saturated carbocycles. The van der Waals surface area contributed by atoms with Gasteiger partial charge in [-0.15, -0.1) is 0 Å². The van der Waals surface area contributed by atoms with Crippen LogP contribution in [-0.2, 0) is 10.0 Å². The summed E-state index contributed by atoms with van der Waals surface area (Å²) in [5.74, 6) is -2.72. The number of nitrogens with zero attached hydrogens (tertiary/aromatic N) is 3. The van der Waals surface area contributed by atoms with Crippen LogP contribution in [0, 0.1) is 17.5 Å². The number of rotatable bonds is 6. The summed E-state index contributed by atoms with van der Waals surface area (Å²) in [5.41, 5.74) is 1.26. The summed E-state index contributed by atoms with van der Waals surface area (Å²) in [6, 6.07) is 15.2. The average molecular weight is 539 g/mol. The third-order valence-corrected chi connectivity index (χ3v) is 7.02. The predicted octanol–water partition coefficient (Wildman–Crippen LogP) is 4.67. The number of sulfonamides is 1. The standard InChI is InChI=1S/C26H17F3N4O4S/c1-37-24-12-16(15-2-6-20(28)21(29)11-15)3-7-23(24)33-22-8-5-19(10-17(22)4-9-25(33)34)38(35,36)32-26-30-13-18(27)14-31-26/h2-14H,1H3,(H,30,31,32). The van der Waals surface area contributed by atoms with Crippen LogP contribution >= 0.6 is 0 Å². The highest BCUT2D eigenvalue weighted by Crippen LogP contribution is 2.32. The van der Waals surface area contributed by atoms with Crippen LogP contribution in [0.2, 0.25) is 0 Å². The first-order valence-corrected chi connectivity index (χ1v) is 12.4. The normalized spacial score (nSPS) is 11.5. The van der Waals surface area contributed by atoms with E-state index in [2.05, 4.69) is 14.7 Å². The number of benzene rings is 3. The fourth-order valence-corrected chi connectivity index (χ4v) is 4.89. The zero-order valence-corrected chi connectivity index (χ0v) is 20.3. The maximum absolute atomic E-state index is 13.8. The number of methoxy groups -OCH3 is 1. The fraction of sp³-hybridized carbons (Fsp3) is 0.0385. The first-order chi connectivity index (χ1) is 18.2. The maximum atomic E-state index is 13.8. The minimum Gasteiger partial charge on any atom is -0.495 e. The monoisotopic (exact) mass is 538 g/mol. The van der Waals surface area contributed by atoms with E-state index in [0.717, 1.165) is 24.5 Å². The summed E-state index contributed by atoms with van der Waals surface area (Å²) in [7, 11) is -2.73. The van der Waals surface area contributed by atoms with E-state index in [1.165, 1.54) is 48.1 Å². The molecule has 3 aromatic carbocycles. The largest absolute Gasteiger partial charge is 0.495 e. The molecule has 1 N–H and O–H groups in total. The Bertz CT molecular complexity index is 1860. The summed E-state index contributed by atoms with van der Waals surface area (Å²) in [6.07, 6.45) is 1.66. The topological polar surface area (TPSA) is 103 Å². The molecule has 0 bridgehead atoms. The molecular formula is C26H17F3N4O4S. The van der Waals surface area contributed by atoms with E-state index in [1.807, 2.05) is 0 Å². The van der Waals surface area contributed by atoms with Crippen LogP contribution in [0.3, 0.4) is 0 Å². The second-order valence-electron chi connectivity index (χ2n) is 8.07. The van der Waals surface area contributed by atoms with Crippen molar-refractivity contribution < 1.29 is 26.3 Å². The summed E-state index contributed by atoms with van der Waals surface area (Å²) in [5, 5.41) is 0.416. The summed E-state index contributed by atoms with van der Waals surface area (Å²) in [4.78, 5) is 20.0. The van der Waals surface area contributed by atoms with Crippen molar-refractivity contribution in [1.29, 1.82) is 0 Å². The third kappa shape index (κ3) is 4.68. The fourth-order valence-electron chi connectivity index (χ4n) is 3.90. The number of fused-ring (bicyclic) bond motifs is 1. The molecule has 192 valence electrons. The molecule has 2 aromatic heterocycles. The Hall–Kier alpha value is -4.71. The molecule has 0 fully saturated rings. The van der Waals surface area contributed by atoms with E-state index >= 15 is 0 Å². The van der Waals surface area contributed by atoms with Crippen LogP contribution in [0.5, 0.6) is 5.75 Å². The quantitative estimate of drug-likeness (QED) is 0.337. The van der Waals surface area contributed by atoms with Gasteiger partial charge >= 0.3 is 0 Å². The molecule has 0 aliphatic heterocycles. The molecule has 5 rings (SSSR count). The number of aromatic nitrogens is 3. The van der Waals surface area contributed by atoms with Gasteiger partial charge < -0.3 is 4.74 Å². The van der Waals surface area contributed by atoms with Crippen molar-refractivity contribution in [3.8, 4) is 22.6 Å². The summed E-state index contributed by atoms with van der Waals surface area (Å²) < 4.78 is 74.9. The Morgan fingerprint density at radius 3 is 2.26 bits per heavy atom. The highest BCUT2D eigenvalue weighted by Gasteiger charge is 2.19. The lowest BCUT2D eigenvalue weighted by Crippen LogP contribution is -2.19. The van der Waals surface area contributed by atoms with E-state index in [0.29, 0.717) is 27.7 Å². The Morgan fingerprint density at radius 1 is 0.842 bits per heavy atom. The smallest absolute Gasteiger partial charge is 0.264 e. The van der Waals surface area contributed by atoms with Gasteiger partial charge in [-0.1, -0.05) is 12.1 Å². The second kappa shape index (κ2) is 9.63. The zero-order chi connectivity index (χ0) is 27.0. The van der Waals surface area contributed by atoms with E-state index in [4.69, 9.17) is 4.74 Å². The Balaban J connectivity index is 1.58. The number of halogens is 3. The van der Waals surface area contributed by atoms with Gasteiger partial charge in [-0.3, -0.25) is 9.36 Å². The molecule has 12 heteroatoms. The molecule has 8 nitrogen and oxygen atoms in total. The summed E-state index contributed by atoms with van der Waals surface area (Å²) in [6.45, 7) is 0. The molecule has 0 saturated heterocycles. The molecule has 0 atom stereocenters. The van der Waals surface area contributed by atoms with Crippen LogP contribution in [0.4, 0.5) is 19.1 Å². The van der Waals surface area contributed by atoms with Crippen molar-refractivity contribution in [2.45, 2.75) is 4.90 Å². The van der Waals surface area contributed by atoms with Crippen molar-refractivity contribution in [1.82, 2.24) is 14.5 Å². The van der Waals surface area contributed by atoms with E-state index in [-0.39, 0.29) is 16.6 Å². The molecule has 0 spiro atoms. The highest BCUT2D eigenvalue weighted by atomic mass is 32.2. The highest BCUT2D eigenvalue weighted by molar-refractivity contribution is 7.92. The Kier molecular flexibility index (Phi) is 6.33. The van der Waals surface area contributed by atoms with Crippen LogP contribution in [0.25, 0.3) is 27.7 Å². The van der Waals surface area contributed by atoms with Crippen LogP contribution in [0.15, 0.2) is 88.8 Å². The van der Waals surface area contributed by atoms with Gasteiger partial charge in [-0.25, -0.2) is 36.3 Å². The number of anilines is 1. The lowest BCUT2D eigenvalue weighted by Gasteiger charge is -2.16. The van der Waals surface area contributed by atoms with Crippen LogP contribution in [-0.4, -0.2) is 30.1 Å². The molecular weight excluding hydrogens is 521 g/mol. The van der Waals surface area contributed by atoms with Crippen LogP contribution < -0.4 is 15.0 Å². The number of nitrogens with one attached hydrogen (secondary N) is 1. The van der Waals surface area contributed by atoms with Gasteiger partial charge in [0.05, 0.1) is 35.6 Å². The minimum absolute atomic E-state index is 0.135. The first kappa shape index (κ1) is 25.0. The Labute approximate surface area is 214 Å². The van der Waals surface area contributed by atoms with Crippen LogP contribution in [0.1, 0.15) is 0 Å². The zero-order valence-electron chi connectivity index (χ0n) is 19.5. The van der Waals surface area contributed by atoms with Gasteiger partial charge in [0.1, 0.15) is 5.75 Å². The van der Waals surface area contributed by atoms with Gasteiger partial charge in [0.25, 0.3) is 15.6 Å². The number of ether oxygens (including phenoxy) is 1. The predicted molar refractivity (Wildman–Crippen MR) is 134 cm³/mol. The van der Waals surface area contributed by atoms with Gasteiger partial charge in [0.15, 0.2) is 17.5 Å². The van der Waals surface area contributed by atoms with Crippen molar-refractivity contribution in [3.63, 3.8) is 0 Å². The summed E-state index contributed by atoms with van der Waals surface area (Å²) >= 11 is 0. The van der Waals surface area contributed by atoms with Crippen molar-refractivity contribution in [2.24, 2.45) is 0 Å². The molecule has 0 aliphatic carbocycles. The number of hydrogen-bond acceptors (Lipinski definition) is 6. The minimum atomic E-state index is -4.13. The Morgan fingerprint density at radius 2 is 1.55 bits per heavy atom. The van der Waals surface area contributed by atoms with Gasteiger partial charge in [0.2, 0.25) is 5.95 Å². The number of hydrogen-bond donors (Lipinski definition) is 1. The maximum Gasteiger partial charge on any atom is 0.264 e. The van der Waals surface area contributed by atoms with Gasteiger partial charge in [-0.2, -0.15) is 0 Å². The molecule has 0 radical (unpaired) electrons. The van der Waals surface area contributed by atoms with E-state index in [1.54, 1.807) is 18.2 Å². The van der Waals surface area contributed by atoms with Gasteiger partial charge in [-0.05, 0) is 59.7 Å². The average Bonchev–Trinajstić information content (AvgIpc) is 2.91. The van der Waals surface area contributed by atoms with Crippen molar-refractivity contribution in [3.05, 3.63) is 107 Å². The lowest BCUT2D eigenvalue weighted by molar-refractivity contribution is 0.413. The molecule has 0 aliphatic rings. The van der Waals surface area contributed by atoms with E-state index < -0.39 is 33.0 Å². The first-order valence-electron chi connectivity index (χ1n) is 11.0. The van der Waals surface area contributed by atoms with Crippen molar-refractivity contribution in [2.75, 3.05) is 11.8 Å². The molecule has 5 aromatic rings. The number of pyridine rings is 1. The molecule has 0 unspecified atom stereocenters. The molecule has 0 amide bonds. The SMILES string of the molecule is COc1cc(-c2ccc(F)c(F)c2)ccc1-n1c(=O)ccc2cc(S(=O)(=O)Nc3ncc(F)cn3)ccc21. The molecule has 2 heterocycles. The lowest BCUT2D eigenvalue weighted by atomic mass is 10.0. The van der Waals surface area contributed by atoms with Crippen molar-refractivity contribution >= 4 is 26.9 Å². The van der Waals surface area contributed by atoms with Gasteiger partial charge in [0, 0.05) is 11.5 Å². The third-order valence-electron chi connectivity index (χ3n) is 5.70.